The summed E-state index contributed by atoms with van der Waals surface area (Å²) < 4.78 is 11.8. The van der Waals surface area contributed by atoms with E-state index in [4.69, 9.17) is 14.6 Å². The van der Waals surface area contributed by atoms with Crippen molar-refractivity contribution in [3.05, 3.63) is 41.7 Å². The van der Waals surface area contributed by atoms with E-state index in [0.29, 0.717) is 0 Å². The first-order valence-corrected chi connectivity index (χ1v) is 8.02. The van der Waals surface area contributed by atoms with Crippen molar-refractivity contribution in [3.8, 4) is 11.4 Å². The Morgan fingerprint density at radius 1 is 1.27 bits per heavy atom. The van der Waals surface area contributed by atoms with E-state index < -0.39 is 17.4 Å². The molecule has 0 saturated heterocycles. The smallest absolute Gasteiger partial charge is 0.305 e. The average Bonchev–Trinajstić information content (AvgIpc) is 2.96. The van der Waals surface area contributed by atoms with Crippen LogP contribution in [-0.4, -0.2) is 53.1 Å². The van der Waals surface area contributed by atoms with Gasteiger partial charge in [0.15, 0.2) is 5.69 Å². The molecule has 2 aromatic rings. The summed E-state index contributed by atoms with van der Waals surface area (Å²) in [7, 11) is 3.04. The predicted molar refractivity (Wildman–Crippen MR) is 94.9 cm³/mol. The van der Waals surface area contributed by atoms with Crippen molar-refractivity contribution in [2.45, 2.75) is 25.8 Å². The van der Waals surface area contributed by atoms with E-state index in [1.165, 1.54) is 7.11 Å². The molecule has 0 fully saturated rings. The molecule has 1 amide bonds. The molecule has 0 radical (unpaired) electrons. The SMILES string of the molecule is COCC(C)(CC(=O)O)NC(=O)c1cc(C)n(-c2ccc(OC)cc2)n1. The first kappa shape index (κ1) is 19.5. The summed E-state index contributed by atoms with van der Waals surface area (Å²) in [4.78, 5) is 23.6. The number of aryl methyl sites for hydroxylation is 1. The number of carboxylic acid groups (broad SMARTS) is 1. The van der Waals surface area contributed by atoms with Crippen molar-refractivity contribution >= 4 is 11.9 Å². The van der Waals surface area contributed by atoms with Crippen molar-refractivity contribution < 1.29 is 24.2 Å². The molecule has 0 aliphatic heterocycles. The fourth-order valence-electron chi connectivity index (χ4n) is 2.69. The Hall–Kier alpha value is -2.87. The number of carbonyl (C=O) groups is 2. The summed E-state index contributed by atoms with van der Waals surface area (Å²) in [5.41, 5.74) is 0.723. The molecule has 1 atom stereocenters. The van der Waals surface area contributed by atoms with Crippen LogP contribution in [0.15, 0.2) is 30.3 Å². The summed E-state index contributed by atoms with van der Waals surface area (Å²) in [5.74, 6) is -0.758. The van der Waals surface area contributed by atoms with Crippen LogP contribution in [0.1, 0.15) is 29.5 Å². The average molecular weight is 361 g/mol. The number of hydrogen-bond donors (Lipinski definition) is 2. The number of amides is 1. The standard InChI is InChI=1S/C18H23N3O5/c1-12-9-15(17(24)19-18(2,11-25-3)10-16(22)23)20-21(12)13-5-7-14(26-4)8-6-13/h5-9H,10-11H2,1-4H3,(H,19,24)(H,22,23). The number of carbonyl (C=O) groups excluding carboxylic acids is 1. The van der Waals surface area contributed by atoms with E-state index in [9.17, 15) is 9.59 Å². The molecule has 2 N–H and O–H groups in total. The number of nitrogens with zero attached hydrogens (tertiary/aromatic N) is 2. The zero-order valence-electron chi connectivity index (χ0n) is 15.3. The highest BCUT2D eigenvalue weighted by Gasteiger charge is 2.31. The summed E-state index contributed by atoms with van der Waals surface area (Å²) in [6, 6.07) is 8.92. The lowest BCUT2D eigenvalue weighted by Crippen LogP contribution is -2.50. The van der Waals surface area contributed by atoms with Crippen LogP contribution in [0.5, 0.6) is 5.75 Å². The Morgan fingerprint density at radius 3 is 2.46 bits per heavy atom. The largest absolute Gasteiger partial charge is 0.497 e. The maximum Gasteiger partial charge on any atom is 0.305 e. The topological polar surface area (TPSA) is 103 Å². The highest BCUT2D eigenvalue weighted by atomic mass is 16.5. The van der Waals surface area contributed by atoms with Crippen LogP contribution in [-0.2, 0) is 9.53 Å². The molecule has 1 aromatic carbocycles. The third-order valence-electron chi connectivity index (χ3n) is 3.86. The van der Waals surface area contributed by atoms with Crippen LogP contribution in [0.25, 0.3) is 5.69 Å². The molecule has 0 saturated carbocycles. The first-order valence-electron chi connectivity index (χ1n) is 8.02. The zero-order chi connectivity index (χ0) is 19.3. The number of aromatic nitrogens is 2. The number of ether oxygens (including phenoxy) is 2. The van der Waals surface area contributed by atoms with Crippen LogP contribution < -0.4 is 10.1 Å². The van der Waals surface area contributed by atoms with Crippen molar-refractivity contribution in [1.82, 2.24) is 15.1 Å². The molecule has 8 heteroatoms. The third kappa shape index (κ3) is 4.60. The molecule has 0 bridgehead atoms. The van der Waals surface area contributed by atoms with E-state index in [1.54, 1.807) is 36.9 Å². The van der Waals surface area contributed by atoms with Gasteiger partial charge in [0.05, 0.1) is 31.4 Å². The van der Waals surface area contributed by atoms with Crippen molar-refractivity contribution in [3.63, 3.8) is 0 Å². The van der Waals surface area contributed by atoms with Gasteiger partial charge in [-0.25, -0.2) is 4.68 Å². The second-order valence-corrected chi connectivity index (χ2v) is 6.30. The number of rotatable bonds is 8. The monoisotopic (exact) mass is 361 g/mol. The molecule has 2 rings (SSSR count). The molecule has 0 spiro atoms. The zero-order valence-corrected chi connectivity index (χ0v) is 15.3. The lowest BCUT2D eigenvalue weighted by atomic mass is 9.98. The molecular formula is C18H23N3O5. The Labute approximate surface area is 151 Å². The number of carboxylic acids is 1. The Balaban J connectivity index is 2.23. The van der Waals surface area contributed by atoms with Crippen molar-refractivity contribution in [2.75, 3.05) is 20.8 Å². The highest BCUT2D eigenvalue weighted by Crippen LogP contribution is 2.18. The number of methoxy groups -OCH3 is 2. The number of benzene rings is 1. The summed E-state index contributed by atoms with van der Waals surface area (Å²) in [6.07, 6.45) is -0.259. The maximum atomic E-state index is 12.6. The molecule has 1 aromatic heterocycles. The van der Waals surface area contributed by atoms with Gasteiger partial charge in [-0.3, -0.25) is 9.59 Å². The molecule has 1 unspecified atom stereocenters. The van der Waals surface area contributed by atoms with Gasteiger partial charge in [-0.15, -0.1) is 0 Å². The van der Waals surface area contributed by atoms with Gasteiger partial charge >= 0.3 is 5.97 Å². The minimum Gasteiger partial charge on any atom is -0.497 e. The Kier molecular flexibility index (Phi) is 5.99. The van der Waals surface area contributed by atoms with Crippen LogP contribution in [0.3, 0.4) is 0 Å². The lowest BCUT2D eigenvalue weighted by molar-refractivity contribution is -0.139. The van der Waals surface area contributed by atoms with E-state index in [2.05, 4.69) is 10.4 Å². The third-order valence-corrected chi connectivity index (χ3v) is 3.86. The van der Waals surface area contributed by atoms with Crippen LogP contribution in [0, 0.1) is 6.92 Å². The summed E-state index contributed by atoms with van der Waals surface area (Å²) >= 11 is 0. The summed E-state index contributed by atoms with van der Waals surface area (Å²) in [5, 5.41) is 16.1. The van der Waals surface area contributed by atoms with Gasteiger partial charge in [-0.2, -0.15) is 5.10 Å². The minimum absolute atomic E-state index is 0.0726. The van der Waals surface area contributed by atoms with Crippen LogP contribution >= 0.6 is 0 Å². The van der Waals surface area contributed by atoms with Gasteiger partial charge < -0.3 is 19.9 Å². The molecular weight excluding hydrogens is 338 g/mol. The van der Waals surface area contributed by atoms with Gasteiger partial charge in [0.25, 0.3) is 5.91 Å². The van der Waals surface area contributed by atoms with Gasteiger partial charge in [-0.05, 0) is 44.2 Å². The van der Waals surface area contributed by atoms with Crippen LogP contribution in [0.2, 0.25) is 0 Å². The lowest BCUT2D eigenvalue weighted by Gasteiger charge is -2.28. The van der Waals surface area contributed by atoms with E-state index >= 15 is 0 Å². The van der Waals surface area contributed by atoms with Gasteiger partial charge in [0.2, 0.25) is 0 Å². The van der Waals surface area contributed by atoms with E-state index in [0.717, 1.165) is 17.1 Å². The molecule has 140 valence electrons. The second-order valence-electron chi connectivity index (χ2n) is 6.30. The van der Waals surface area contributed by atoms with Gasteiger partial charge in [-0.1, -0.05) is 0 Å². The fraction of sp³-hybridized carbons (Fsp3) is 0.389. The van der Waals surface area contributed by atoms with Crippen LogP contribution in [0.4, 0.5) is 0 Å². The molecule has 26 heavy (non-hydrogen) atoms. The Bertz CT molecular complexity index is 785. The molecule has 1 heterocycles. The quantitative estimate of drug-likeness (QED) is 0.743. The predicted octanol–water partition coefficient (Wildman–Crippen LogP) is 1.80. The van der Waals surface area contributed by atoms with Gasteiger partial charge in [0, 0.05) is 12.8 Å². The highest BCUT2D eigenvalue weighted by molar-refractivity contribution is 5.93. The normalized spacial score (nSPS) is 13.1. The maximum absolute atomic E-state index is 12.6. The second kappa shape index (κ2) is 8.01. The van der Waals surface area contributed by atoms with Crippen molar-refractivity contribution in [1.29, 1.82) is 0 Å². The molecule has 0 aliphatic rings. The Morgan fingerprint density at radius 2 is 1.92 bits per heavy atom. The van der Waals surface area contributed by atoms with Crippen molar-refractivity contribution in [2.24, 2.45) is 0 Å². The number of nitrogens with one attached hydrogen (secondary N) is 1. The molecule has 0 aliphatic carbocycles. The number of aliphatic carboxylic acids is 1. The first-order chi connectivity index (χ1) is 12.3. The molecule has 8 nitrogen and oxygen atoms in total. The van der Waals surface area contributed by atoms with Gasteiger partial charge in [0.1, 0.15) is 5.75 Å². The summed E-state index contributed by atoms with van der Waals surface area (Å²) in [6.45, 7) is 3.53. The minimum atomic E-state index is -1.03. The van der Waals surface area contributed by atoms with E-state index in [1.807, 2.05) is 19.1 Å². The van der Waals surface area contributed by atoms with E-state index in [-0.39, 0.29) is 18.7 Å². The fourth-order valence-corrected chi connectivity index (χ4v) is 2.69. The number of hydrogen-bond acceptors (Lipinski definition) is 5.